The van der Waals surface area contributed by atoms with Crippen LogP contribution in [0.3, 0.4) is 0 Å². The van der Waals surface area contributed by atoms with E-state index >= 15 is 0 Å². The van der Waals surface area contributed by atoms with Crippen LogP contribution < -0.4 is 15.0 Å². The Labute approximate surface area is 206 Å². The van der Waals surface area contributed by atoms with Gasteiger partial charge in [-0.2, -0.15) is 0 Å². The van der Waals surface area contributed by atoms with E-state index in [2.05, 4.69) is 32.5 Å². The predicted octanol–water partition coefficient (Wildman–Crippen LogP) is 5.34. The van der Waals surface area contributed by atoms with Crippen molar-refractivity contribution in [1.29, 1.82) is 0 Å². The van der Waals surface area contributed by atoms with E-state index in [0.29, 0.717) is 10.9 Å². The first-order valence-electron chi connectivity index (χ1n) is 11.1. The molecule has 0 aliphatic carbocycles. The molecular weight excluding hydrogens is 466 g/mol. The molecule has 7 nitrogen and oxygen atoms in total. The molecule has 34 heavy (non-hydrogen) atoms. The third-order valence-electron chi connectivity index (χ3n) is 5.66. The maximum Gasteiger partial charge on any atom is 0.234 e. The van der Waals surface area contributed by atoms with E-state index in [1.807, 2.05) is 58.5 Å². The van der Waals surface area contributed by atoms with Gasteiger partial charge in [0.15, 0.2) is 11.0 Å². The molecule has 1 aliphatic rings. The Morgan fingerprint density at radius 1 is 1.06 bits per heavy atom. The second-order valence-corrected chi connectivity index (χ2v) is 9.76. The summed E-state index contributed by atoms with van der Waals surface area (Å²) in [5.74, 6) is 1.56. The standard InChI is InChI=1S/C25H25N5O2S2/c1-32-21-8-3-2-7-20(21)30-24(22-9-6-16-33-22)27-28-25(30)34-17-23(31)26-18-10-12-19(13-11-18)29-14-4-5-15-29/h2-3,6-13,16H,4-5,14-15,17H2,1H3,(H,26,31). The molecule has 4 aromatic rings. The topological polar surface area (TPSA) is 72.3 Å². The van der Waals surface area contributed by atoms with Gasteiger partial charge in [-0.1, -0.05) is 30.0 Å². The first kappa shape index (κ1) is 22.5. The zero-order valence-corrected chi connectivity index (χ0v) is 20.4. The van der Waals surface area contributed by atoms with Crippen LogP contribution in [-0.4, -0.2) is 46.6 Å². The van der Waals surface area contributed by atoms with E-state index in [1.54, 1.807) is 18.4 Å². The Morgan fingerprint density at radius 2 is 1.85 bits per heavy atom. The minimum Gasteiger partial charge on any atom is -0.495 e. The summed E-state index contributed by atoms with van der Waals surface area (Å²) in [6.07, 6.45) is 2.48. The first-order valence-corrected chi connectivity index (χ1v) is 13.0. The number of hydrogen-bond donors (Lipinski definition) is 1. The fourth-order valence-corrected chi connectivity index (χ4v) is 5.46. The largest absolute Gasteiger partial charge is 0.495 e. The van der Waals surface area contributed by atoms with Gasteiger partial charge in [0.1, 0.15) is 5.75 Å². The number of thiophene rings is 1. The van der Waals surface area contributed by atoms with Crippen LogP contribution in [-0.2, 0) is 4.79 Å². The van der Waals surface area contributed by atoms with E-state index < -0.39 is 0 Å². The van der Waals surface area contributed by atoms with Gasteiger partial charge in [0.2, 0.25) is 5.91 Å². The average molecular weight is 492 g/mol. The highest BCUT2D eigenvalue weighted by molar-refractivity contribution is 7.99. The minimum atomic E-state index is -0.0915. The van der Waals surface area contributed by atoms with Gasteiger partial charge in [0.25, 0.3) is 0 Å². The van der Waals surface area contributed by atoms with Crippen molar-refractivity contribution in [3.8, 4) is 22.1 Å². The summed E-state index contributed by atoms with van der Waals surface area (Å²) in [5.41, 5.74) is 2.83. The predicted molar refractivity (Wildman–Crippen MR) is 138 cm³/mol. The summed E-state index contributed by atoms with van der Waals surface area (Å²) in [5, 5.41) is 14.5. The molecule has 1 aliphatic heterocycles. The van der Waals surface area contributed by atoms with Crippen LogP contribution in [0, 0.1) is 0 Å². The van der Waals surface area contributed by atoms with Crippen molar-refractivity contribution in [2.75, 3.05) is 36.2 Å². The molecule has 2 aromatic heterocycles. The molecule has 1 saturated heterocycles. The number of hydrogen-bond acceptors (Lipinski definition) is 7. The molecule has 3 heterocycles. The van der Waals surface area contributed by atoms with Crippen LogP contribution in [0.4, 0.5) is 11.4 Å². The summed E-state index contributed by atoms with van der Waals surface area (Å²) in [4.78, 5) is 16.1. The summed E-state index contributed by atoms with van der Waals surface area (Å²) in [6, 6.07) is 19.8. The van der Waals surface area contributed by atoms with Crippen molar-refractivity contribution in [3.05, 3.63) is 66.0 Å². The minimum absolute atomic E-state index is 0.0915. The number of methoxy groups -OCH3 is 1. The monoisotopic (exact) mass is 491 g/mol. The first-order chi connectivity index (χ1) is 16.7. The van der Waals surface area contributed by atoms with Gasteiger partial charge in [-0.25, -0.2) is 0 Å². The quantitative estimate of drug-likeness (QED) is 0.336. The number of amides is 1. The molecule has 9 heteroatoms. The third kappa shape index (κ3) is 4.80. The summed E-state index contributed by atoms with van der Waals surface area (Å²) >= 11 is 2.94. The van der Waals surface area contributed by atoms with Crippen LogP contribution in [0.1, 0.15) is 12.8 Å². The molecule has 0 saturated carbocycles. The van der Waals surface area contributed by atoms with Crippen molar-refractivity contribution >= 4 is 40.4 Å². The van der Waals surface area contributed by atoms with E-state index in [4.69, 9.17) is 4.74 Å². The second-order valence-electron chi connectivity index (χ2n) is 7.87. The van der Waals surface area contributed by atoms with E-state index in [9.17, 15) is 4.79 Å². The van der Waals surface area contributed by atoms with Crippen LogP contribution >= 0.6 is 23.1 Å². The molecule has 0 spiro atoms. The molecular formula is C25H25N5O2S2. The van der Waals surface area contributed by atoms with Gasteiger partial charge in [-0.3, -0.25) is 9.36 Å². The van der Waals surface area contributed by atoms with Crippen LogP contribution in [0.15, 0.2) is 71.2 Å². The van der Waals surface area contributed by atoms with Gasteiger partial charge in [-0.15, -0.1) is 21.5 Å². The fraction of sp³-hybridized carbons (Fsp3) is 0.240. The van der Waals surface area contributed by atoms with Crippen LogP contribution in [0.2, 0.25) is 0 Å². The lowest BCUT2D eigenvalue weighted by molar-refractivity contribution is -0.113. The lowest BCUT2D eigenvalue weighted by atomic mass is 10.2. The number of ether oxygens (including phenoxy) is 1. The normalized spacial score (nSPS) is 13.3. The Bertz CT molecular complexity index is 1250. The van der Waals surface area contributed by atoms with Gasteiger partial charge in [-0.05, 0) is 60.7 Å². The molecule has 0 atom stereocenters. The molecule has 5 rings (SSSR count). The van der Waals surface area contributed by atoms with Gasteiger partial charge in [0, 0.05) is 24.5 Å². The molecule has 174 valence electrons. The number of rotatable bonds is 8. The lowest BCUT2D eigenvalue weighted by Gasteiger charge is -2.17. The molecule has 2 aromatic carbocycles. The summed E-state index contributed by atoms with van der Waals surface area (Å²) in [7, 11) is 1.64. The maximum atomic E-state index is 12.7. The number of aromatic nitrogens is 3. The number of benzene rings is 2. The highest BCUT2D eigenvalue weighted by Gasteiger charge is 2.20. The number of anilines is 2. The average Bonchev–Trinajstić information content (AvgIpc) is 3.65. The highest BCUT2D eigenvalue weighted by Crippen LogP contribution is 2.34. The van der Waals surface area contributed by atoms with Crippen molar-refractivity contribution in [1.82, 2.24) is 14.8 Å². The second kappa shape index (κ2) is 10.3. The molecule has 0 bridgehead atoms. The van der Waals surface area contributed by atoms with E-state index in [-0.39, 0.29) is 11.7 Å². The lowest BCUT2D eigenvalue weighted by Crippen LogP contribution is -2.18. The van der Waals surface area contributed by atoms with E-state index in [0.717, 1.165) is 35.2 Å². The number of nitrogens with one attached hydrogen (secondary N) is 1. The number of thioether (sulfide) groups is 1. The van der Waals surface area contributed by atoms with E-state index in [1.165, 1.54) is 30.3 Å². The zero-order chi connectivity index (χ0) is 23.3. The summed E-state index contributed by atoms with van der Waals surface area (Å²) in [6.45, 7) is 2.20. The van der Waals surface area contributed by atoms with Crippen molar-refractivity contribution in [3.63, 3.8) is 0 Å². The van der Waals surface area contributed by atoms with Crippen molar-refractivity contribution in [2.45, 2.75) is 18.0 Å². The Morgan fingerprint density at radius 3 is 2.59 bits per heavy atom. The van der Waals surface area contributed by atoms with Gasteiger partial charge in [0.05, 0.1) is 23.4 Å². The smallest absolute Gasteiger partial charge is 0.234 e. The van der Waals surface area contributed by atoms with Crippen LogP contribution in [0.5, 0.6) is 5.75 Å². The molecule has 1 N–H and O–H groups in total. The molecule has 1 fully saturated rings. The molecule has 0 unspecified atom stereocenters. The highest BCUT2D eigenvalue weighted by atomic mass is 32.2. The number of para-hydroxylation sites is 2. The van der Waals surface area contributed by atoms with Gasteiger partial charge < -0.3 is 15.0 Å². The van der Waals surface area contributed by atoms with Crippen LogP contribution in [0.25, 0.3) is 16.4 Å². The van der Waals surface area contributed by atoms with Crippen molar-refractivity contribution in [2.24, 2.45) is 0 Å². The molecule has 0 radical (unpaired) electrons. The van der Waals surface area contributed by atoms with Crippen molar-refractivity contribution < 1.29 is 9.53 Å². The SMILES string of the molecule is COc1ccccc1-n1c(SCC(=O)Nc2ccc(N3CCCC3)cc2)nnc1-c1cccs1. The maximum absolute atomic E-state index is 12.7. The molecule has 1 amide bonds. The Kier molecular flexibility index (Phi) is 6.82. The number of nitrogens with zero attached hydrogens (tertiary/aromatic N) is 4. The number of carbonyl (C=O) groups is 1. The number of carbonyl (C=O) groups excluding carboxylic acids is 1. The zero-order valence-electron chi connectivity index (χ0n) is 18.8. The summed E-state index contributed by atoms with van der Waals surface area (Å²) < 4.78 is 7.53. The Balaban J connectivity index is 1.32. The Hall–Kier alpha value is -3.30. The third-order valence-corrected chi connectivity index (χ3v) is 7.45. The van der Waals surface area contributed by atoms with Gasteiger partial charge >= 0.3 is 0 Å². The fourth-order valence-electron chi connectivity index (χ4n) is 4.02.